The van der Waals surface area contributed by atoms with Crippen molar-refractivity contribution in [3.8, 4) is 0 Å². The van der Waals surface area contributed by atoms with Crippen molar-refractivity contribution < 1.29 is 8.95 Å². The Morgan fingerprint density at radius 1 is 1.29 bits per heavy atom. The summed E-state index contributed by atoms with van der Waals surface area (Å²) in [5, 5.41) is 3.66. The van der Waals surface area contributed by atoms with Crippen LogP contribution in [0.5, 0.6) is 0 Å². The van der Waals surface area contributed by atoms with Crippen LogP contribution in [0.1, 0.15) is 38.5 Å². The number of hydrogen-bond acceptors (Lipinski definition) is 3. The van der Waals surface area contributed by atoms with Crippen LogP contribution in [0.2, 0.25) is 0 Å². The molecule has 4 heteroatoms. The van der Waals surface area contributed by atoms with Gasteiger partial charge in [-0.2, -0.15) is 0 Å². The minimum absolute atomic E-state index is 0.121. The van der Waals surface area contributed by atoms with Gasteiger partial charge in [0.1, 0.15) is 0 Å². The summed E-state index contributed by atoms with van der Waals surface area (Å²) in [6.07, 6.45) is 7.06. The van der Waals surface area contributed by atoms with Gasteiger partial charge in [-0.3, -0.25) is 4.21 Å². The van der Waals surface area contributed by atoms with E-state index < -0.39 is 10.8 Å². The maximum Gasteiger partial charge on any atom is 0.0694 e. The highest BCUT2D eigenvalue weighted by atomic mass is 32.2. The summed E-state index contributed by atoms with van der Waals surface area (Å²) in [6.45, 7) is 2.97. The van der Waals surface area contributed by atoms with Crippen molar-refractivity contribution in [1.29, 1.82) is 0 Å². The normalized spacial score (nSPS) is 34.7. The van der Waals surface area contributed by atoms with Crippen LogP contribution >= 0.6 is 0 Å². The molecule has 3 rings (SSSR count). The van der Waals surface area contributed by atoms with E-state index in [1.807, 2.05) is 0 Å². The van der Waals surface area contributed by atoms with Crippen molar-refractivity contribution in [2.75, 3.05) is 25.4 Å². The monoisotopic (exact) mass is 257 g/mol. The average molecular weight is 257 g/mol. The summed E-state index contributed by atoms with van der Waals surface area (Å²) >= 11 is 0. The Kier molecular flexibility index (Phi) is 3.55. The molecule has 0 aromatic carbocycles. The van der Waals surface area contributed by atoms with Gasteiger partial charge in [0.25, 0.3) is 0 Å². The zero-order valence-electron chi connectivity index (χ0n) is 10.5. The van der Waals surface area contributed by atoms with Gasteiger partial charge in [-0.1, -0.05) is 12.8 Å². The largest absolute Gasteiger partial charge is 0.375 e. The molecule has 1 spiro atoms. The van der Waals surface area contributed by atoms with E-state index in [1.165, 1.54) is 25.7 Å². The van der Waals surface area contributed by atoms with Gasteiger partial charge in [0.05, 0.1) is 5.60 Å². The van der Waals surface area contributed by atoms with Crippen molar-refractivity contribution in [1.82, 2.24) is 5.32 Å². The molecule has 1 N–H and O–H groups in total. The third-order valence-electron chi connectivity index (χ3n) is 4.60. The predicted molar refractivity (Wildman–Crippen MR) is 69.5 cm³/mol. The van der Waals surface area contributed by atoms with Crippen molar-refractivity contribution in [3.05, 3.63) is 0 Å². The second kappa shape index (κ2) is 4.98. The standard InChI is InChI=1S/C13H23NO2S/c15-17(10-11-8-14-9-11)12-3-6-16-13(7-12)4-1-2-5-13/h11-12,14H,1-10H2. The third-order valence-corrected chi connectivity index (χ3v) is 6.55. The molecule has 2 atom stereocenters. The van der Waals surface area contributed by atoms with Gasteiger partial charge in [-0.15, -0.1) is 0 Å². The van der Waals surface area contributed by atoms with Crippen LogP contribution in [-0.2, 0) is 15.5 Å². The molecule has 3 aliphatic rings. The zero-order chi connectivity index (χ0) is 11.7. The summed E-state index contributed by atoms with van der Waals surface area (Å²) in [6, 6.07) is 0. The molecule has 0 aromatic rings. The number of hydrogen-bond donors (Lipinski definition) is 1. The summed E-state index contributed by atoms with van der Waals surface area (Å²) in [5.41, 5.74) is 0.121. The summed E-state index contributed by atoms with van der Waals surface area (Å²) < 4.78 is 18.4. The molecule has 3 fully saturated rings. The molecular formula is C13H23NO2S. The van der Waals surface area contributed by atoms with Crippen LogP contribution in [0.15, 0.2) is 0 Å². The van der Waals surface area contributed by atoms with Crippen molar-refractivity contribution in [2.24, 2.45) is 5.92 Å². The maximum absolute atomic E-state index is 12.4. The van der Waals surface area contributed by atoms with E-state index in [0.717, 1.165) is 38.3 Å². The zero-order valence-corrected chi connectivity index (χ0v) is 11.3. The molecular weight excluding hydrogens is 234 g/mol. The first-order chi connectivity index (χ1) is 8.27. The Bertz CT molecular complexity index is 298. The molecule has 2 aliphatic heterocycles. The molecule has 2 heterocycles. The van der Waals surface area contributed by atoms with Gasteiger partial charge in [0.2, 0.25) is 0 Å². The van der Waals surface area contributed by atoms with E-state index >= 15 is 0 Å². The molecule has 0 radical (unpaired) electrons. The van der Waals surface area contributed by atoms with Crippen LogP contribution in [0, 0.1) is 5.92 Å². The Labute approximate surface area is 106 Å². The van der Waals surface area contributed by atoms with Gasteiger partial charge in [-0.05, 0) is 31.6 Å². The maximum atomic E-state index is 12.4. The first-order valence-electron chi connectivity index (χ1n) is 6.99. The lowest BCUT2D eigenvalue weighted by molar-refractivity contribution is -0.0709. The van der Waals surface area contributed by atoms with Crippen molar-refractivity contribution in [3.63, 3.8) is 0 Å². The Hall–Kier alpha value is 0.0700. The molecule has 2 unspecified atom stereocenters. The van der Waals surface area contributed by atoms with Gasteiger partial charge < -0.3 is 10.1 Å². The summed E-state index contributed by atoms with van der Waals surface area (Å²) in [5.74, 6) is 1.58. The molecule has 17 heavy (non-hydrogen) atoms. The second-order valence-corrected chi connectivity index (χ2v) is 7.69. The van der Waals surface area contributed by atoms with Crippen LogP contribution in [0.4, 0.5) is 0 Å². The van der Waals surface area contributed by atoms with Crippen LogP contribution in [0.3, 0.4) is 0 Å². The fourth-order valence-electron chi connectivity index (χ4n) is 3.41. The van der Waals surface area contributed by atoms with Crippen LogP contribution in [-0.4, -0.2) is 40.5 Å². The van der Waals surface area contributed by atoms with Gasteiger partial charge in [-0.25, -0.2) is 0 Å². The second-order valence-electron chi connectivity index (χ2n) is 5.93. The summed E-state index contributed by atoms with van der Waals surface area (Å²) in [4.78, 5) is 0. The van der Waals surface area contributed by atoms with E-state index in [1.54, 1.807) is 0 Å². The van der Waals surface area contributed by atoms with E-state index in [-0.39, 0.29) is 5.60 Å². The first kappa shape index (κ1) is 12.1. The highest BCUT2D eigenvalue weighted by Crippen LogP contribution is 2.41. The Morgan fingerprint density at radius 2 is 2.06 bits per heavy atom. The number of rotatable bonds is 3. The van der Waals surface area contributed by atoms with Gasteiger partial charge in [0.15, 0.2) is 0 Å². The number of nitrogens with one attached hydrogen (secondary N) is 1. The van der Waals surface area contributed by atoms with Gasteiger partial charge >= 0.3 is 0 Å². The van der Waals surface area contributed by atoms with Crippen molar-refractivity contribution >= 4 is 10.8 Å². The smallest absolute Gasteiger partial charge is 0.0694 e. The topological polar surface area (TPSA) is 38.3 Å². The molecule has 98 valence electrons. The first-order valence-corrected chi connectivity index (χ1v) is 8.37. The fraction of sp³-hybridized carbons (Fsp3) is 1.00. The van der Waals surface area contributed by atoms with Crippen LogP contribution < -0.4 is 5.32 Å². The van der Waals surface area contributed by atoms with E-state index in [4.69, 9.17) is 4.74 Å². The Balaban J connectivity index is 1.56. The fourth-order valence-corrected chi connectivity index (χ4v) is 5.23. The third kappa shape index (κ3) is 2.59. The predicted octanol–water partition coefficient (Wildman–Crippen LogP) is 1.45. The molecule has 0 bridgehead atoms. The highest BCUT2D eigenvalue weighted by molar-refractivity contribution is 7.85. The molecule has 0 aromatic heterocycles. The lowest BCUT2D eigenvalue weighted by atomic mass is 9.92. The summed E-state index contributed by atoms with van der Waals surface area (Å²) in [7, 11) is -0.627. The molecule has 3 nitrogen and oxygen atoms in total. The highest BCUT2D eigenvalue weighted by Gasteiger charge is 2.41. The molecule has 0 amide bonds. The average Bonchev–Trinajstić information content (AvgIpc) is 2.71. The molecule has 2 saturated heterocycles. The SMILES string of the molecule is O=S(CC1CNC1)C1CCOC2(CCCC2)C1. The lowest BCUT2D eigenvalue weighted by Gasteiger charge is -2.38. The quantitative estimate of drug-likeness (QED) is 0.831. The minimum atomic E-state index is -0.627. The van der Waals surface area contributed by atoms with Crippen molar-refractivity contribution in [2.45, 2.75) is 49.4 Å². The Morgan fingerprint density at radius 3 is 2.71 bits per heavy atom. The molecule has 1 aliphatic carbocycles. The lowest BCUT2D eigenvalue weighted by Crippen LogP contribution is -2.47. The van der Waals surface area contributed by atoms with E-state index in [9.17, 15) is 4.21 Å². The minimum Gasteiger partial charge on any atom is -0.375 e. The van der Waals surface area contributed by atoms with E-state index in [2.05, 4.69) is 5.32 Å². The van der Waals surface area contributed by atoms with E-state index in [0.29, 0.717) is 11.2 Å². The number of ether oxygens (including phenoxy) is 1. The van der Waals surface area contributed by atoms with Gasteiger partial charge in [0, 0.05) is 41.5 Å². The van der Waals surface area contributed by atoms with Crippen LogP contribution in [0.25, 0.3) is 0 Å². The molecule has 1 saturated carbocycles.